The second kappa shape index (κ2) is 5.76. The Balaban J connectivity index is 3.09. The molecular formula is C12H16N2O3S. The maximum Gasteiger partial charge on any atom is 0.244 e. The zero-order chi connectivity index (χ0) is 13.8. The molecule has 1 atom stereocenters. The van der Waals surface area contributed by atoms with Gasteiger partial charge in [-0.2, -0.15) is 0 Å². The number of benzene rings is 1. The number of ether oxygens (including phenoxy) is 1. The highest BCUT2D eigenvalue weighted by Gasteiger charge is 2.21. The van der Waals surface area contributed by atoms with E-state index in [0.717, 1.165) is 0 Å². The minimum Gasteiger partial charge on any atom is -0.495 e. The zero-order valence-electron chi connectivity index (χ0n) is 10.3. The van der Waals surface area contributed by atoms with Gasteiger partial charge in [-0.1, -0.05) is 0 Å². The molecule has 0 aliphatic heterocycles. The summed E-state index contributed by atoms with van der Waals surface area (Å²) in [6, 6.07) is 4.02. The zero-order valence-corrected chi connectivity index (χ0v) is 11.1. The van der Waals surface area contributed by atoms with Crippen LogP contribution in [0, 0.1) is 12.3 Å². The van der Waals surface area contributed by atoms with Crippen molar-refractivity contribution >= 4 is 15.7 Å². The lowest BCUT2D eigenvalue weighted by Gasteiger charge is -2.14. The average Bonchev–Trinajstić information content (AvgIpc) is 2.27. The fourth-order valence-corrected chi connectivity index (χ4v) is 2.85. The summed E-state index contributed by atoms with van der Waals surface area (Å²) in [5.74, 6) is 2.61. The van der Waals surface area contributed by atoms with Crippen molar-refractivity contribution in [2.75, 3.05) is 12.8 Å². The molecule has 0 saturated carbocycles. The Hall–Kier alpha value is -1.71. The first kappa shape index (κ1) is 14.4. The lowest BCUT2D eigenvalue weighted by Crippen LogP contribution is -2.32. The van der Waals surface area contributed by atoms with Crippen molar-refractivity contribution < 1.29 is 13.2 Å². The largest absolute Gasteiger partial charge is 0.495 e. The molecule has 3 N–H and O–H groups in total. The van der Waals surface area contributed by atoms with Crippen LogP contribution in [0.3, 0.4) is 0 Å². The molecule has 0 spiro atoms. The van der Waals surface area contributed by atoms with Crippen LogP contribution in [0.25, 0.3) is 0 Å². The summed E-state index contributed by atoms with van der Waals surface area (Å²) < 4.78 is 31.7. The number of anilines is 1. The lowest BCUT2D eigenvalue weighted by atomic mass is 10.3. The van der Waals surface area contributed by atoms with Crippen molar-refractivity contribution in [1.29, 1.82) is 0 Å². The Labute approximate surface area is 107 Å². The van der Waals surface area contributed by atoms with E-state index >= 15 is 0 Å². The average molecular weight is 268 g/mol. The van der Waals surface area contributed by atoms with Gasteiger partial charge in [0.2, 0.25) is 10.0 Å². The molecule has 1 rings (SSSR count). The number of hydrogen-bond acceptors (Lipinski definition) is 4. The summed E-state index contributed by atoms with van der Waals surface area (Å²) >= 11 is 0. The van der Waals surface area contributed by atoms with Crippen LogP contribution in [-0.4, -0.2) is 21.6 Å². The number of hydrogen-bond donors (Lipinski definition) is 2. The first-order chi connectivity index (χ1) is 8.40. The van der Waals surface area contributed by atoms with E-state index in [1.165, 1.54) is 25.3 Å². The molecule has 0 fully saturated rings. The van der Waals surface area contributed by atoms with Crippen LogP contribution in [0.4, 0.5) is 5.69 Å². The summed E-state index contributed by atoms with van der Waals surface area (Å²) in [4.78, 5) is 0.0445. The predicted molar refractivity (Wildman–Crippen MR) is 70.6 cm³/mol. The van der Waals surface area contributed by atoms with E-state index in [1.54, 1.807) is 6.92 Å². The molecule has 18 heavy (non-hydrogen) atoms. The summed E-state index contributed by atoms with van der Waals surface area (Å²) in [5.41, 5.74) is 6.01. The second-order valence-electron chi connectivity index (χ2n) is 3.84. The molecule has 1 aromatic rings. The first-order valence-corrected chi connectivity index (χ1v) is 6.78. The number of sulfonamides is 1. The molecule has 0 saturated heterocycles. The molecule has 0 heterocycles. The number of rotatable bonds is 5. The van der Waals surface area contributed by atoms with Gasteiger partial charge in [-0.3, -0.25) is 0 Å². The number of nitrogens with one attached hydrogen (secondary N) is 1. The van der Waals surface area contributed by atoms with Crippen molar-refractivity contribution in [2.24, 2.45) is 0 Å². The van der Waals surface area contributed by atoms with Gasteiger partial charge in [0.25, 0.3) is 0 Å². The molecule has 0 aliphatic rings. The molecule has 0 amide bonds. The third-order valence-corrected chi connectivity index (χ3v) is 3.89. The molecular weight excluding hydrogens is 252 g/mol. The molecule has 0 aliphatic carbocycles. The van der Waals surface area contributed by atoms with Crippen molar-refractivity contribution in [1.82, 2.24) is 4.72 Å². The quantitative estimate of drug-likeness (QED) is 0.616. The number of nitrogens with two attached hydrogens (primary N) is 1. The third-order valence-electron chi connectivity index (χ3n) is 2.26. The highest BCUT2D eigenvalue weighted by molar-refractivity contribution is 7.89. The van der Waals surface area contributed by atoms with Crippen LogP contribution in [0.5, 0.6) is 5.75 Å². The Kier molecular flexibility index (Phi) is 4.59. The maximum absolute atomic E-state index is 12.1. The minimum absolute atomic E-state index is 0.0445. The predicted octanol–water partition coefficient (Wildman–Crippen LogP) is 0.968. The topological polar surface area (TPSA) is 81.4 Å². The fraction of sp³-hybridized carbons (Fsp3) is 0.333. The Morgan fingerprint density at radius 1 is 1.56 bits per heavy atom. The van der Waals surface area contributed by atoms with Crippen molar-refractivity contribution in [2.45, 2.75) is 24.3 Å². The van der Waals surface area contributed by atoms with Gasteiger partial charge in [0.05, 0.1) is 7.11 Å². The Bertz CT molecular complexity index is 561. The smallest absolute Gasteiger partial charge is 0.244 e. The summed E-state index contributed by atoms with van der Waals surface area (Å²) in [6.45, 7) is 1.70. The molecule has 6 heteroatoms. The van der Waals surface area contributed by atoms with Gasteiger partial charge >= 0.3 is 0 Å². The van der Waals surface area contributed by atoms with Gasteiger partial charge in [-0.05, 0) is 19.1 Å². The molecule has 5 nitrogen and oxygen atoms in total. The van der Waals surface area contributed by atoms with Crippen molar-refractivity contribution in [3.05, 3.63) is 18.2 Å². The highest BCUT2D eigenvalue weighted by Crippen LogP contribution is 2.26. The second-order valence-corrected chi connectivity index (χ2v) is 5.52. The molecule has 0 bridgehead atoms. The van der Waals surface area contributed by atoms with Crippen molar-refractivity contribution in [3.8, 4) is 18.1 Å². The van der Waals surface area contributed by atoms with Gasteiger partial charge in [0.15, 0.2) is 0 Å². The number of nitrogen functional groups attached to an aromatic ring is 1. The van der Waals surface area contributed by atoms with E-state index in [-0.39, 0.29) is 16.7 Å². The summed E-state index contributed by atoms with van der Waals surface area (Å²) in [6.07, 6.45) is 5.45. The van der Waals surface area contributed by atoms with Gasteiger partial charge in [-0.25, -0.2) is 13.1 Å². The van der Waals surface area contributed by atoms with E-state index in [1.807, 2.05) is 0 Å². The van der Waals surface area contributed by atoms with Crippen LogP contribution >= 0.6 is 0 Å². The number of terminal acetylenes is 1. The van der Waals surface area contributed by atoms with E-state index in [0.29, 0.717) is 12.1 Å². The molecule has 98 valence electrons. The van der Waals surface area contributed by atoms with Gasteiger partial charge < -0.3 is 10.5 Å². The van der Waals surface area contributed by atoms with Crippen molar-refractivity contribution in [3.63, 3.8) is 0 Å². The van der Waals surface area contributed by atoms with E-state index < -0.39 is 10.0 Å². The lowest BCUT2D eigenvalue weighted by molar-refractivity contribution is 0.402. The van der Waals surface area contributed by atoms with Gasteiger partial charge in [0, 0.05) is 24.2 Å². The van der Waals surface area contributed by atoms with Crippen LogP contribution in [-0.2, 0) is 10.0 Å². The Morgan fingerprint density at radius 3 is 2.78 bits per heavy atom. The minimum atomic E-state index is -3.67. The molecule has 0 aromatic heterocycles. The van der Waals surface area contributed by atoms with Crippen LogP contribution in [0.1, 0.15) is 13.3 Å². The molecule has 1 unspecified atom stereocenters. The molecule has 1 aromatic carbocycles. The van der Waals surface area contributed by atoms with Gasteiger partial charge in [0.1, 0.15) is 10.6 Å². The monoisotopic (exact) mass is 268 g/mol. The van der Waals surface area contributed by atoms with E-state index in [4.69, 9.17) is 16.9 Å². The standard InChI is InChI=1S/C12H16N2O3S/c1-4-5-9(2)14-18(15,16)12-7-6-10(13)8-11(12)17-3/h1,6-9,14H,5,13H2,2-3H3. The highest BCUT2D eigenvalue weighted by atomic mass is 32.2. The SMILES string of the molecule is C#CCC(C)NS(=O)(=O)c1ccc(N)cc1OC. The van der Waals surface area contributed by atoms with E-state index in [9.17, 15) is 8.42 Å². The van der Waals surface area contributed by atoms with Crippen LogP contribution in [0.2, 0.25) is 0 Å². The van der Waals surface area contributed by atoms with Gasteiger partial charge in [-0.15, -0.1) is 12.3 Å². The maximum atomic E-state index is 12.1. The summed E-state index contributed by atoms with van der Waals surface area (Å²) in [5, 5.41) is 0. The molecule has 0 radical (unpaired) electrons. The third kappa shape index (κ3) is 3.39. The van der Waals surface area contributed by atoms with E-state index in [2.05, 4.69) is 10.6 Å². The Morgan fingerprint density at radius 2 is 2.22 bits per heavy atom. The first-order valence-electron chi connectivity index (χ1n) is 5.30. The number of methoxy groups -OCH3 is 1. The normalized spacial score (nSPS) is 12.7. The van der Waals surface area contributed by atoms with Crippen LogP contribution < -0.4 is 15.2 Å². The fourth-order valence-electron chi connectivity index (χ4n) is 1.45. The summed E-state index contributed by atoms with van der Waals surface area (Å²) in [7, 11) is -2.28. The van der Waals surface area contributed by atoms with Crippen LogP contribution in [0.15, 0.2) is 23.1 Å².